The molecule has 0 aromatic heterocycles. The molecule has 0 bridgehead atoms. The molecule has 2 atom stereocenters. The summed E-state index contributed by atoms with van der Waals surface area (Å²) in [4.78, 5) is 2.34. The van der Waals surface area contributed by atoms with Gasteiger partial charge in [0, 0.05) is 24.7 Å². The highest BCUT2D eigenvalue weighted by molar-refractivity contribution is 4.99. The van der Waals surface area contributed by atoms with Crippen molar-refractivity contribution in [3.8, 4) is 0 Å². The summed E-state index contributed by atoms with van der Waals surface area (Å²) in [5, 5.41) is 13.5. The van der Waals surface area contributed by atoms with Crippen LogP contribution in [0.1, 0.15) is 46.5 Å². The fourth-order valence-electron chi connectivity index (χ4n) is 3.44. The second kappa shape index (κ2) is 8.98. The molecule has 20 heavy (non-hydrogen) atoms. The number of likely N-dealkylation sites (N-methyl/N-ethyl adjacent to an activating group) is 1. The molecule has 1 aliphatic carbocycles. The van der Waals surface area contributed by atoms with Gasteiger partial charge in [0.15, 0.2) is 0 Å². The first-order valence-corrected chi connectivity index (χ1v) is 8.19. The molecule has 0 radical (unpaired) electrons. The molecule has 1 saturated carbocycles. The van der Waals surface area contributed by atoms with E-state index in [2.05, 4.69) is 31.1 Å². The number of nitrogens with zero attached hydrogens (tertiary/aromatic N) is 1. The van der Waals surface area contributed by atoms with Crippen molar-refractivity contribution >= 4 is 0 Å². The van der Waals surface area contributed by atoms with E-state index in [9.17, 15) is 5.11 Å². The Morgan fingerprint density at radius 3 is 2.75 bits per heavy atom. The van der Waals surface area contributed by atoms with Crippen LogP contribution in [0.15, 0.2) is 0 Å². The normalized spacial score (nSPS) is 26.9. The van der Waals surface area contributed by atoms with Crippen LogP contribution in [0.4, 0.5) is 0 Å². The molecule has 0 spiro atoms. The highest BCUT2D eigenvalue weighted by Gasteiger charge is 2.42. The molecule has 2 unspecified atom stereocenters. The van der Waals surface area contributed by atoms with Crippen molar-refractivity contribution in [2.45, 2.75) is 58.0 Å². The van der Waals surface area contributed by atoms with E-state index in [1.165, 1.54) is 12.8 Å². The van der Waals surface area contributed by atoms with Crippen molar-refractivity contribution < 1.29 is 9.84 Å². The Morgan fingerprint density at radius 2 is 2.15 bits per heavy atom. The zero-order valence-electron chi connectivity index (χ0n) is 13.8. The lowest BCUT2D eigenvalue weighted by molar-refractivity contribution is 0.0959. The van der Waals surface area contributed by atoms with Crippen LogP contribution in [0, 0.1) is 5.92 Å². The minimum atomic E-state index is -0.0467. The number of rotatable bonds is 10. The molecule has 0 heterocycles. The van der Waals surface area contributed by atoms with Crippen molar-refractivity contribution in [1.82, 2.24) is 10.2 Å². The summed E-state index contributed by atoms with van der Waals surface area (Å²) in [5.41, 5.74) is -0.0467. The first kappa shape index (κ1) is 17.9. The summed E-state index contributed by atoms with van der Waals surface area (Å²) in [7, 11) is 2.16. The van der Waals surface area contributed by atoms with E-state index >= 15 is 0 Å². The topological polar surface area (TPSA) is 44.7 Å². The fraction of sp³-hybridized carbons (Fsp3) is 1.00. The Labute approximate surface area is 124 Å². The highest BCUT2D eigenvalue weighted by Crippen LogP contribution is 2.38. The third-order valence-electron chi connectivity index (χ3n) is 4.50. The van der Waals surface area contributed by atoms with Crippen LogP contribution in [0.3, 0.4) is 0 Å². The zero-order valence-corrected chi connectivity index (χ0v) is 13.8. The highest BCUT2D eigenvalue weighted by atomic mass is 16.5. The third kappa shape index (κ3) is 5.32. The monoisotopic (exact) mass is 286 g/mol. The van der Waals surface area contributed by atoms with Crippen molar-refractivity contribution in [2.24, 2.45) is 5.92 Å². The van der Waals surface area contributed by atoms with Crippen molar-refractivity contribution in [3.63, 3.8) is 0 Å². The Hall–Kier alpha value is -0.160. The Bertz CT molecular complexity index is 261. The lowest BCUT2D eigenvalue weighted by atomic mass is 9.84. The molecule has 1 aliphatic rings. The van der Waals surface area contributed by atoms with Crippen LogP contribution in [0.5, 0.6) is 0 Å². The van der Waals surface area contributed by atoms with E-state index in [1.54, 1.807) is 0 Å². The van der Waals surface area contributed by atoms with Crippen LogP contribution in [0.2, 0.25) is 0 Å². The van der Waals surface area contributed by atoms with Gasteiger partial charge in [-0.25, -0.2) is 0 Å². The number of aliphatic hydroxyl groups excluding tert-OH is 1. The number of ether oxygens (including phenoxy) is 1. The van der Waals surface area contributed by atoms with E-state index in [4.69, 9.17) is 4.74 Å². The Kier molecular flexibility index (Phi) is 8.03. The van der Waals surface area contributed by atoms with E-state index in [-0.39, 0.29) is 12.1 Å². The molecular formula is C16H34N2O2. The first-order chi connectivity index (χ1) is 9.54. The van der Waals surface area contributed by atoms with Gasteiger partial charge in [0.1, 0.15) is 0 Å². The summed E-state index contributed by atoms with van der Waals surface area (Å²) in [6.07, 6.45) is 4.73. The van der Waals surface area contributed by atoms with E-state index < -0.39 is 0 Å². The molecule has 0 aromatic rings. The van der Waals surface area contributed by atoms with E-state index in [1.807, 2.05) is 6.92 Å². The van der Waals surface area contributed by atoms with Gasteiger partial charge in [0.25, 0.3) is 0 Å². The van der Waals surface area contributed by atoms with Gasteiger partial charge >= 0.3 is 0 Å². The van der Waals surface area contributed by atoms with Crippen LogP contribution in [-0.2, 0) is 4.74 Å². The molecule has 0 aromatic carbocycles. The summed E-state index contributed by atoms with van der Waals surface area (Å²) in [5.74, 6) is 0.587. The molecule has 120 valence electrons. The fourth-order valence-corrected chi connectivity index (χ4v) is 3.44. The Balaban J connectivity index is 2.40. The minimum absolute atomic E-state index is 0.0467. The van der Waals surface area contributed by atoms with Gasteiger partial charge in [-0.3, -0.25) is 0 Å². The quantitative estimate of drug-likeness (QED) is 0.602. The molecule has 0 saturated heterocycles. The predicted molar refractivity (Wildman–Crippen MR) is 84.0 cm³/mol. The van der Waals surface area contributed by atoms with Crippen LogP contribution in [0.25, 0.3) is 0 Å². The number of hydrogen-bond donors (Lipinski definition) is 2. The van der Waals surface area contributed by atoms with Crippen LogP contribution >= 0.6 is 0 Å². The van der Waals surface area contributed by atoms with Gasteiger partial charge in [0.2, 0.25) is 0 Å². The first-order valence-electron chi connectivity index (χ1n) is 8.19. The molecule has 1 fully saturated rings. The minimum Gasteiger partial charge on any atom is -0.394 e. The number of aliphatic hydroxyl groups is 1. The molecule has 4 heteroatoms. The van der Waals surface area contributed by atoms with Gasteiger partial charge in [0.05, 0.1) is 13.2 Å². The molecule has 4 nitrogen and oxygen atoms in total. The second-order valence-corrected chi connectivity index (χ2v) is 6.49. The molecule has 1 rings (SSSR count). The number of nitrogens with one attached hydrogen (secondary N) is 1. The lowest BCUT2D eigenvalue weighted by Crippen LogP contribution is -2.54. The SMILES string of the molecule is CCOCCN(C)CCC1CCCC1(CO)NC(C)C. The van der Waals surface area contributed by atoms with E-state index in [0.29, 0.717) is 12.0 Å². The average Bonchev–Trinajstić information content (AvgIpc) is 2.79. The molecule has 2 N–H and O–H groups in total. The predicted octanol–water partition coefficient (Wildman–Crippen LogP) is 1.87. The van der Waals surface area contributed by atoms with Crippen molar-refractivity contribution in [2.75, 3.05) is 40.0 Å². The van der Waals surface area contributed by atoms with Crippen LogP contribution in [-0.4, -0.2) is 61.5 Å². The maximum absolute atomic E-state index is 9.88. The molecule has 0 amide bonds. The standard InChI is InChI=1S/C16H34N2O2/c1-5-20-12-11-18(4)10-8-15-7-6-9-16(15,13-19)17-14(2)3/h14-15,17,19H,5-13H2,1-4H3. The zero-order chi connectivity index (χ0) is 15.0. The van der Waals surface area contributed by atoms with Gasteiger partial charge in [-0.2, -0.15) is 0 Å². The number of hydrogen-bond acceptors (Lipinski definition) is 4. The summed E-state index contributed by atoms with van der Waals surface area (Å²) in [6, 6.07) is 0.429. The molecule has 0 aliphatic heterocycles. The van der Waals surface area contributed by atoms with Crippen molar-refractivity contribution in [1.29, 1.82) is 0 Å². The summed E-state index contributed by atoms with van der Waals surface area (Å²) < 4.78 is 5.40. The van der Waals surface area contributed by atoms with Crippen molar-refractivity contribution in [3.05, 3.63) is 0 Å². The lowest BCUT2D eigenvalue weighted by Gasteiger charge is -2.37. The maximum atomic E-state index is 9.88. The van der Waals surface area contributed by atoms with Gasteiger partial charge in [-0.05, 0) is 45.7 Å². The smallest absolute Gasteiger partial charge is 0.0616 e. The van der Waals surface area contributed by atoms with Gasteiger partial charge < -0.3 is 20.1 Å². The van der Waals surface area contributed by atoms with Gasteiger partial charge in [-0.1, -0.05) is 20.3 Å². The van der Waals surface area contributed by atoms with Gasteiger partial charge in [-0.15, -0.1) is 0 Å². The molecular weight excluding hydrogens is 252 g/mol. The third-order valence-corrected chi connectivity index (χ3v) is 4.50. The largest absolute Gasteiger partial charge is 0.394 e. The van der Waals surface area contributed by atoms with Crippen LogP contribution < -0.4 is 5.32 Å². The summed E-state index contributed by atoms with van der Waals surface area (Å²) >= 11 is 0. The Morgan fingerprint density at radius 1 is 1.40 bits per heavy atom. The van der Waals surface area contributed by atoms with E-state index in [0.717, 1.165) is 39.1 Å². The second-order valence-electron chi connectivity index (χ2n) is 6.49. The summed E-state index contributed by atoms with van der Waals surface area (Å²) in [6.45, 7) is 10.3. The maximum Gasteiger partial charge on any atom is 0.0616 e. The average molecular weight is 286 g/mol.